The number of rotatable bonds is 10. The Labute approximate surface area is 143 Å². The first-order valence-electron chi connectivity index (χ1n) is 7.89. The monoisotopic (exact) mass is 358 g/mol. The summed E-state index contributed by atoms with van der Waals surface area (Å²) in [5.41, 5.74) is 0. The van der Waals surface area contributed by atoms with Crippen LogP contribution in [0.5, 0.6) is 0 Å². The zero-order chi connectivity index (χ0) is 17.3. The highest BCUT2D eigenvalue weighted by Gasteiger charge is 2.21. The maximum atomic E-state index is 12.3. The molecule has 1 atom stereocenters. The summed E-state index contributed by atoms with van der Waals surface area (Å²) in [4.78, 5) is 13.0. The number of nitrogens with one attached hydrogen (secondary N) is 2. The Bertz CT molecular complexity index is 603. The maximum Gasteiger partial charge on any atom is 0.233 e. The second kappa shape index (κ2) is 9.95. The van der Waals surface area contributed by atoms with Crippen LogP contribution in [0.4, 0.5) is 0 Å². The molecule has 1 aromatic rings. The molecule has 7 heteroatoms. The summed E-state index contributed by atoms with van der Waals surface area (Å²) in [6, 6.07) is 6.88. The van der Waals surface area contributed by atoms with E-state index < -0.39 is 9.84 Å². The first-order valence-corrected chi connectivity index (χ1v) is 10.4. The van der Waals surface area contributed by atoms with Crippen LogP contribution in [0, 0.1) is 0 Å². The minimum Gasteiger partial charge on any atom is -0.354 e. The molecule has 130 valence electrons. The molecule has 0 saturated heterocycles. The summed E-state index contributed by atoms with van der Waals surface area (Å²) in [7, 11) is -3.30. The third-order valence-electron chi connectivity index (χ3n) is 3.18. The molecule has 1 aromatic carbocycles. The zero-order valence-electron chi connectivity index (χ0n) is 14.0. The molecular formula is C16H26N2O3S2. The van der Waals surface area contributed by atoms with Crippen LogP contribution in [-0.2, 0) is 14.6 Å². The SMILES string of the molecule is CCCS(=O)(=O)c1ccccc1SC(C)C(=O)NCCNCC. The summed E-state index contributed by atoms with van der Waals surface area (Å²) in [5.74, 6) is 0.0315. The van der Waals surface area contributed by atoms with Crippen molar-refractivity contribution in [3.63, 3.8) is 0 Å². The first-order chi connectivity index (χ1) is 10.9. The van der Waals surface area contributed by atoms with Gasteiger partial charge in [0.25, 0.3) is 0 Å². The average Bonchev–Trinajstić information content (AvgIpc) is 2.51. The van der Waals surface area contributed by atoms with E-state index in [1.165, 1.54) is 11.8 Å². The lowest BCUT2D eigenvalue weighted by molar-refractivity contribution is -0.120. The molecule has 0 bridgehead atoms. The Balaban J connectivity index is 2.75. The molecule has 1 amide bonds. The van der Waals surface area contributed by atoms with Crippen LogP contribution in [-0.4, -0.2) is 45.0 Å². The van der Waals surface area contributed by atoms with E-state index in [1.807, 2.05) is 13.8 Å². The molecule has 0 fully saturated rings. The van der Waals surface area contributed by atoms with Gasteiger partial charge in [-0.3, -0.25) is 4.79 Å². The normalized spacial score (nSPS) is 12.8. The summed E-state index contributed by atoms with van der Waals surface area (Å²) in [6.45, 7) is 7.79. The van der Waals surface area contributed by atoms with Gasteiger partial charge in [0.2, 0.25) is 5.91 Å². The quantitative estimate of drug-likeness (QED) is 0.495. The van der Waals surface area contributed by atoms with Crippen molar-refractivity contribution >= 4 is 27.5 Å². The van der Waals surface area contributed by atoms with Gasteiger partial charge in [0.1, 0.15) is 0 Å². The van der Waals surface area contributed by atoms with Crippen LogP contribution in [0.3, 0.4) is 0 Å². The Kier molecular flexibility index (Phi) is 8.65. The number of benzene rings is 1. The lowest BCUT2D eigenvalue weighted by atomic mass is 10.4. The predicted molar refractivity (Wildman–Crippen MR) is 95.7 cm³/mol. The molecule has 23 heavy (non-hydrogen) atoms. The average molecular weight is 359 g/mol. The Morgan fingerprint density at radius 2 is 1.91 bits per heavy atom. The third kappa shape index (κ3) is 6.53. The van der Waals surface area contributed by atoms with Gasteiger partial charge < -0.3 is 10.6 Å². The molecule has 0 heterocycles. The summed E-state index contributed by atoms with van der Waals surface area (Å²) in [5, 5.41) is 5.63. The van der Waals surface area contributed by atoms with Gasteiger partial charge in [-0.1, -0.05) is 26.0 Å². The van der Waals surface area contributed by atoms with Crippen molar-refractivity contribution in [1.82, 2.24) is 10.6 Å². The van der Waals surface area contributed by atoms with Gasteiger partial charge in [-0.15, -0.1) is 11.8 Å². The van der Waals surface area contributed by atoms with E-state index in [0.29, 0.717) is 22.8 Å². The van der Waals surface area contributed by atoms with Gasteiger partial charge in [-0.05, 0) is 32.0 Å². The highest BCUT2D eigenvalue weighted by atomic mass is 32.2. The highest BCUT2D eigenvalue weighted by Crippen LogP contribution is 2.30. The van der Waals surface area contributed by atoms with Gasteiger partial charge in [-0.2, -0.15) is 0 Å². The second-order valence-electron chi connectivity index (χ2n) is 5.17. The number of amides is 1. The van der Waals surface area contributed by atoms with Gasteiger partial charge in [-0.25, -0.2) is 8.42 Å². The van der Waals surface area contributed by atoms with E-state index in [0.717, 1.165) is 13.1 Å². The van der Waals surface area contributed by atoms with Crippen molar-refractivity contribution in [2.75, 3.05) is 25.4 Å². The Morgan fingerprint density at radius 3 is 2.57 bits per heavy atom. The number of hydrogen-bond donors (Lipinski definition) is 2. The summed E-state index contributed by atoms with van der Waals surface area (Å²) >= 11 is 1.28. The fourth-order valence-corrected chi connectivity index (χ4v) is 4.88. The lowest BCUT2D eigenvalue weighted by Crippen LogP contribution is -2.36. The van der Waals surface area contributed by atoms with E-state index in [9.17, 15) is 13.2 Å². The van der Waals surface area contributed by atoms with Crippen LogP contribution in [0.1, 0.15) is 27.2 Å². The molecule has 0 aromatic heterocycles. The number of carbonyl (C=O) groups is 1. The fourth-order valence-electron chi connectivity index (χ4n) is 2.02. The molecule has 1 rings (SSSR count). The predicted octanol–water partition coefficient (Wildman–Crippen LogP) is 2.08. The summed E-state index contributed by atoms with van der Waals surface area (Å²) < 4.78 is 24.7. The molecule has 0 saturated carbocycles. The molecular weight excluding hydrogens is 332 g/mol. The number of carbonyl (C=O) groups excluding carboxylic acids is 1. The van der Waals surface area contributed by atoms with Crippen LogP contribution < -0.4 is 10.6 Å². The van der Waals surface area contributed by atoms with Crippen molar-refractivity contribution in [1.29, 1.82) is 0 Å². The third-order valence-corrected chi connectivity index (χ3v) is 6.46. The molecule has 1 unspecified atom stereocenters. The lowest BCUT2D eigenvalue weighted by Gasteiger charge is -2.15. The molecule has 2 N–H and O–H groups in total. The molecule has 0 radical (unpaired) electrons. The fraction of sp³-hybridized carbons (Fsp3) is 0.562. The van der Waals surface area contributed by atoms with Crippen LogP contribution in [0.2, 0.25) is 0 Å². The van der Waals surface area contributed by atoms with Crippen molar-refractivity contribution in [2.45, 2.75) is 42.2 Å². The largest absolute Gasteiger partial charge is 0.354 e. The van der Waals surface area contributed by atoms with E-state index in [4.69, 9.17) is 0 Å². The zero-order valence-corrected chi connectivity index (χ0v) is 15.6. The van der Waals surface area contributed by atoms with Crippen molar-refractivity contribution in [3.05, 3.63) is 24.3 Å². The second-order valence-corrected chi connectivity index (χ2v) is 8.63. The van der Waals surface area contributed by atoms with Gasteiger partial charge in [0, 0.05) is 18.0 Å². The topological polar surface area (TPSA) is 75.3 Å². The smallest absolute Gasteiger partial charge is 0.233 e. The van der Waals surface area contributed by atoms with E-state index >= 15 is 0 Å². The van der Waals surface area contributed by atoms with E-state index in [2.05, 4.69) is 10.6 Å². The Hall–Kier alpha value is -1.05. The molecule has 0 aliphatic heterocycles. The first kappa shape index (κ1) is 20.0. The standard InChI is InChI=1S/C16H26N2O3S2/c1-4-12-23(20,21)15-9-7-6-8-14(15)22-13(3)16(19)18-11-10-17-5-2/h6-9,13,17H,4-5,10-12H2,1-3H3,(H,18,19). The van der Waals surface area contributed by atoms with Gasteiger partial charge >= 0.3 is 0 Å². The maximum absolute atomic E-state index is 12.3. The van der Waals surface area contributed by atoms with E-state index in [-0.39, 0.29) is 16.9 Å². The number of hydrogen-bond acceptors (Lipinski definition) is 5. The number of sulfone groups is 1. The van der Waals surface area contributed by atoms with Crippen LogP contribution in [0.15, 0.2) is 34.1 Å². The molecule has 5 nitrogen and oxygen atoms in total. The van der Waals surface area contributed by atoms with Crippen LogP contribution >= 0.6 is 11.8 Å². The van der Waals surface area contributed by atoms with Crippen LogP contribution in [0.25, 0.3) is 0 Å². The highest BCUT2D eigenvalue weighted by molar-refractivity contribution is 8.01. The number of thioether (sulfide) groups is 1. The minimum atomic E-state index is -3.30. The van der Waals surface area contributed by atoms with Gasteiger partial charge in [0.15, 0.2) is 9.84 Å². The molecule has 0 aliphatic carbocycles. The van der Waals surface area contributed by atoms with Gasteiger partial charge in [0.05, 0.1) is 15.9 Å². The van der Waals surface area contributed by atoms with E-state index in [1.54, 1.807) is 31.2 Å². The molecule has 0 aliphatic rings. The van der Waals surface area contributed by atoms with Crippen molar-refractivity contribution < 1.29 is 13.2 Å². The molecule has 0 spiro atoms. The minimum absolute atomic E-state index is 0.0874. The van der Waals surface area contributed by atoms with Crippen molar-refractivity contribution in [3.8, 4) is 0 Å². The number of likely N-dealkylation sites (N-methyl/N-ethyl adjacent to an activating group) is 1. The Morgan fingerprint density at radius 1 is 1.22 bits per heavy atom. The summed E-state index contributed by atoms with van der Waals surface area (Å²) in [6.07, 6.45) is 0.571. The van der Waals surface area contributed by atoms with Crippen molar-refractivity contribution in [2.24, 2.45) is 0 Å².